The first-order valence-corrected chi connectivity index (χ1v) is 11.4. The number of guanidine groups is 1. The molecule has 1 aromatic heterocycles. The maximum atomic E-state index is 12.2. The highest BCUT2D eigenvalue weighted by molar-refractivity contribution is 6.31. The van der Waals surface area contributed by atoms with Gasteiger partial charge in [0.25, 0.3) is 5.91 Å². The number of hydrogen-bond donors (Lipinski definition) is 7. The first-order chi connectivity index (χ1) is 15.3. The zero-order valence-electron chi connectivity index (χ0n) is 18.6. The Morgan fingerprint density at radius 2 is 1.78 bits per heavy atom. The maximum absolute atomic E-state index is 12.2. The first kappa shape index (κ1) is 25.6. The van der Waals surface area contributed by atoms with Crippen LogP contribution in [0.5, 0.6) is 0 Å². The van der Waals surface area contributed by atoms with E-state index < -0.39 is 5.91 Å². The molecule has 0 radical (unpaired) electrons. The number of nitrogens with zero attached hydrogens (tertiary/aromatic N) is 3. The smallest absolute Gasteiger partial charge is 0.280 e. The number of aromatic nitrogens is 2. The van der Waals surface area contributed by atoms with Crippen LogP contribution >= 0.6 is 11.6 Å². The lowest BCUT2D eigenvalue weighted by atomic mass is 9.91. The van der Waals surface area contributed by atoms with Gasteiger partial charge in [0.2, 0.25) is 0 Å². The Balaban J connectivity index is 1.55. The Hall–Kier alpha value is -2.66. The van der Waals surface area contributed by atoms with Gasteiger partial charge in [0.15, 0.2) is 28.4 Å². The number of nitrogens with two attached hydrogens (primary N) is 2. The summed E-state index contributed by atoms with van der Waals surface area (Å²) in [6.45, 7) is 6.61. The number of piperidine rings is 1. The summed E-state index contributed by atoms with van der Waals surface area (Å²) < 4.78 is 0. The molecule has 0 atom stereocenters. The second-order valence-corrected chi connectivity index (χ2v) is 8.43. The summed E-state index contributed by atoms with van der Waals surface area (Å²) in [6, 6.07) is 0. The number of hydrogen-bond acceptors (Lipinski definition) is 8. The molecule has 0 aromatic carbocycles. The lowest BCUT2D eigenvalue weighted by Crippen LogP contribution is -2.41. The van der Waals surface area contributed by atoms with Gasteiger partial charge >= 0.3 is 0 Å². The first-order valence-electron chi connectivity index (χ1n) is 11.0. The van der Waals surface area contributed by atoms with Gasteiger partial charge in [-0.1, -0.05) is 24.4 Å². The van der Waals surface area contributed by atoms with Crippen molar-refractivity contribution < 1.29 is 4.79 Å². The Kier molecular flexibility index (Phi) is 10.4. The van der Waals surface area contributed by atoms with Crippen LogP contribution in [-0.4, -0.2) is 65.3 Å². The number of rotatable bonds is 10. The molecular weight excluding hydrogens is 432 g/mol. The highest BCUT2D eigenvalue weighted by Crippen LogP contribution is 2.22. The van der Waals surface area contributed by atoms with Gasteiger partial charge in [0, 0.05) is 13.1 Å². The topological polar surface area (TPSA) is 182 Å². The van der Waals surface area contributed by atoms with Gasteiger partial charge in [-0.05, 0) is 58.2 Å². The zero-order valence-corrected chi connectivity index (χ0v) is 19.4. The Bertz CT molecular complexity index is 795. The molecule has 0 unspecified atom stereocenters. The Morgan fingerprint density at radius 3 is 2.47 bits per heavy atom. The molecule has 1 saturated heterocycles. The van der Waals surface area contributed by atoms with Crippen LogP contribution in [0.15, 0.2) is 0 Å². The largest absolute Gasteiger partial charge is 0.382 e. The van der Waals surface area contributed by atoms with Crippen molar-refractivity contribution in [1.29, 1.82) is 10.8 Å². The number of nitrogens with one attached hydrogen (secondary N) is 5. The van der Waals surface area contributed by atoms with Crippen molar-refractivity contribution >= 4 is 40.9 Å². The standard InChI is InChI=1S/C20H35ClN10O/c1-13(22)26-9-4-10-31-11-6-14(7-12-31)5-2-3-8-27-20(25)30-19(32)15-17(23)29-18(24)16(21)28-15/h14H,2-12H2,1H3,(H2,22,26)(H4,23,24,29)(H3,25,27,30,32). The van der Waals surface area contributed by atoms with Crippen molar-refractivity contribution in [2.75, 3.05) is 44.2 Å². The molecule has 0 saturated carbocycles. The average Bonchev–Trinajstić information content (AvgIpc) is 2.74. The molecule has 0 spiro atoms. The summed E-state index contributed by atoms with van der Waals surface area (Å²) in [6.07, 6.45) is 6.70. The fourth-order valence-corrected chi connectivity index (χ4v) is 3.80. The molecule has 1 aromatic rings. The molecule has 2 rings (SSSR count). The SMILES string of the molecule is CC(=N)NCCCN1CCC(CCCCNC(=N)NC(=O)c2nc(Cl)c(N)nc2N)CC1. The fourth-order valence-electron chi connectivity index (χ4n) is 3.67. The Labute approximate surface area is 194 Å². The number of carbonyl (C=O) groups is 1. The van der Waals surface area contributed by atoms with Crippen LogP contribution in [0.4, 0.5) is 11.6 Å². The van der Waals surface area contributed by atoms with E-state index >= 15 is 0 Å². The summed E-state index contributed by atoms with van der Waals surface area (Å²) in [5.41, 5.74) is 11.0. The van der Waals surface area contributed by atoms with Crippen molar-refractivity contribution in [2.24, 2.45) is 5.92 Å². The van der Waals surface area contributed by atoms with Crippen molar-refractivity contribution in [3.05, 3.63) is 10.8 Å². The van der Waals surface area contributed by atoms with Crippen LogP contribution in [0.1, 0.15) is 55.9 Å². The molecule has 0 bridgehead atoms. The lowest BCUT2D eigenvalue weighted by Gasteiger charge is -2.32. The summed E-state index contributed by atoms with van der Waals surface area (Å²) >= 11 is 5.78. The third-order valence-corrected chi connectivity index (χ3v) is 5.73. The molecular formula is C20H35ClN10O. The highest BCUT2D eigenvalue weighted by Gasteiger charge is 2.19. The van der Waals surface area contributed by atoms with Crippen molar-refractivity contribution in [2.45, 2.75) is 45.4 Å². The van der Waals surface area contributed by atoms with E-state index in [1.807, 2.05) is 0 Å². The second kappa shape index (κ2) is 13.0. The minimum atomic E-state index is -0.662. The minimum absolute atomic E-state index is 0.0500. The number of carbonyl (C=O) groups excluding carboxylic acids is 1. The molecule has 2 heterocycles. The summed E-state index contributed by atoms with van der Waals surface area (Å²) in [5, 5.41) is 23.5. The van der Waals surface area contributed by atoms with Crippen molar-refractivity contribution in [3.63, 3.8) is 0 Å². The molecule has 178 valence electrons. The van der Waals surface area contributed by atoms with E-state index in [-0.39, 0.29) is 28.4 Å². The van der Waals surface area contributed by atoms with Gasteiger partial charge in [0.05, 0.1) is 5.84 Å². The lowest BCUT2D eigenvalue weighted by molar-refractivity contribution is 0.0971. The van der Waals surface area contributed by atoms with Gasteiger partial charge in [-0.15, -0.1) is 0 Å². The molecule has 1 aliphatic heterocycles. The monoisotopic (exact) mass is 466 g/mol. The number of nitrogen functional groups attached to an aromatic ring is 2. The number of amides is 1. The van der Waals surface area contributed by atoms with E-state index in [4.69, 9.17) is 33.9 Å². The van der Waals surface area contributed by atoms with Crippen LogP contribution in [0.2, 0.25) is 5.15 Å². The van der Waals surface area contributed by atoms with E-state index in [1.165, 1.54) is 19.3 Å². The number of anilines is 2. The Morgan fingerprint density at radius 1 is 1.09 bits per heavy atom. The van der Waals surface area contributed by atoms with Crippen LogP contribution in [0.3, 0.4) is 0 Å². The van der Waals surface area contributed by atoms with Crippen LogP contribution in [0.25, 0.3) is 0 Å². The van der Waals surface area contributed by atoms with E-state index in [1.54, 1.807) is 6.92 Å². The van der Waals surface area contributed by atoms with E-state index in [0.29, 0.717) is 12.4 Å². The summed E-state index contributed by atoms with van der Waals surface area (Å²) in [7, 11) is 0. The van der Waals surface area contributed by atoms with Crippen LogP contribution < -0.4 is 27.4 Å². The molecule has 9 N–H and O–H groups in total. The van der Waals surface area contributed by atoms with Crippen molar-refractivity contribution in [3.8, 4) is 0 Å². The highest BCUT2D eigenvalue weighted by atomic mass is 35.5. The zero-order chi connectivity index (χ0) is 23.5. The van der Waals surface area contributed by atoms with Crippen LogP contribution in [-0.2, 0) is 0 Å². The predicted octanol–water partition coefficient (Wildman–Crippen LogP) is 1.41. The van der Waals surface area contributed by atoms with E-state index in [0.717, 1.165) is 51.4 Å². The molecule has 1 aliphatic rings. The third-order valence-electron chi connectivity index (χ3n) is 5.45. The van der Waals surface area contributed by atoms with Gasteiger partial charge < -0.3 is 27.0 Å². The number of likely N-dealkylation sites (tertiary alicyclic amines) is 1. The molecule has 1 fully saturated rings. The number of halogens is 1. The number of unbranched alkanes of at least 4 members (excludes halogenated alkanes) is 1. The van der Waals surface area contributed by atoms with E-state index in [9.17, 15) is 4.79 Å². The normalized spacial score (nSPS) is 14.7. The summed E-state index contributed by atoms with van der Waals surface area (Å²) in [5.74, 6) is 0.313. The van der Waals surface area contributed by atoms with Crippen molar-refractivity contribution in [1.82, 2.24) is 30.8 Å². The molecule has 1 amide bonds. The quantitative estimate of drug-likeness (QED) is 0.153. The van der Waals surface area contributed by atoms with Gasteiger partial charge in [0.1, 0.15) is 0 Å². The maximum Gasteiger partial charge on any atom is 0.280 e. The molecule has 12 heteroatoms. The fraction of sp³-hybridized carbons (Fsp3) is 0.650. The van der Waals surface area contributed by atoms with Gasteiger partial charge in [-0.3, -0.25) is 20.9 Å². The van der Waals surface area contributed by atoms with Gasteiger partial charge in [-0.2, -0.15) is 0 Å². The number of amidine groups is 1. The molecule has 11 nitrogen and oxygen atoms in total. The predicted molar refractivity (Wildman–Crippen MR) is 128 cm³/mol. The van der Waals surface area contributed by atoms with Gasteiger partial charge in [-0.25, -0.2) is 9.97 Å². The van der Waals surface area contributed by atoms with E-state index in [2.05, 4.69) is 30.8 Å². The third kappa shape index (κ3) is 8.83. The average molecular weight is 467 g/mol. The minimum Gasteiger partial charge on any atom is -0.382 e. The molecule has 0 aliphatic carbocycles. The summed E-state index contributed by atoms with van der Waals surface area (Å²) in [4.78, 5) is 22.3. The van der Waals surface area contributed by atoms with Crippen LogP contribution in [0, 0.1) is 16.7 Å². The second-order valence-electron chi connectivity index (χ2n) is 8.08. The molecule has 32 heavy (non-hydrogen) atoms.